The van der Waals surface area contributed by atoms with Crippen molar-refractivity contribution in [2.75, 3.05) is 32.4 Å². The van der Waals surface area contributed by atoms with Crippen LogP contribution in [-0.2, 0) is 22.7 Å². The molecule has 1 aromatic carbocycles. The van der Waals surface area contributed by atoms with E-state index < -0.39 is 21.8 Å². The zero-order valence-electron chi connectivity index (χ0n) is 12.3. The van der Waals surface area contributed by atoms with Gasteiger partial charge in [-0.3, -0.25) is 4.90 Å². The van der Waals surface area contributed by atoms with Crippen LogP contribution < -0.4 is 0 Å². The molecule has 2 rings (SSSR count). The van der Waals surface area contributed by atoms with Crippen molar-refractivity contribution in [1.82, 2.24) is 9.21 Å². The van der Waals surface area contributed by atoms with Crippen molar-refractivity contribution in [3.63, 3.8) is 0 Å². The fourth-order valence-corrected chi connectivity index (χ4v) is 3.37. The van der Waals surface area contributed by atoms with E-state index in [-0.39, 0.29) is 0 Å². The molecule has 1 aliphatic rings. The van der Waals surface area contributed by atoms with Crippen LogP contribution in [0.4, 0.5) is 13.2 Å². The Hall–Kier alpha value is -1.12. The predicted molar refractivity (Wildman–Crippen MR) is 77.8 cm³/mol. The summed E-state index contributed by atoms with van der Waals surface area (Å²) in [6.45, 7) is 2.73. The van der Waals surface area contributed by atoms with Crippen LogP contribution in [0.25, 0.3) is 0 Å². The van der Waals surface area contributed by atoms with Crippen molar-refractivity contribution >= 4 is 10.0 Å². The highest BCUT2D eigenvalue weighted by Gasteiger charge is 2.30. The third kappa shape index (κ3) is 4.69. The molecule has 1 saturated heterocycles. The second-order valence-electron chi connectivity index (χ2n) is 5.49. The molecule has 0 aromatic heterocycles. The van der Waals surface area contributed by atoms with Gasteiger partial charge >= 0.3 is 6.18 Å². The average Bonchev–Trinajstić information content (AvgIpc) is 2.63. The Kier molecular flexibility index (Phi) is 5.14. The number of nitrogens with zero attached hydrogens (tertiary/aromatic N) is 2. The van der Waals surface area contributed by atoms with Gasteiger partial charge in [0.15, 0.2) is 0 Å². The molecule has 0 bridgehead atoms. The summed E-state index contributed by atoms with van der Waals surface area (Å²) in [7, 11) is -3.19. The average molecular weight is 336 g/mol. The highest BCUT2D eigenvalue weighted by atomic mass is 32.2. The summed E-state index contributed by atoms with van der Waals surface area (Å²) < 4.78 is 62.1. The summed E-state index contributed by atoms with van der Waals surface area (Å²) in [4.78, 5) is 2.06. The number of alkyl halides is 3. The fraction of sp³-hybridized carbons (Fsp3) is 0.571. The maximum atomic E-state index is 12.5. The normalized spacial score (nSPS) is 19.1. The predicted octanol–water partition coefficient (Wildman–Crippen LogP) is 2.17. The van der Waals surface area contributed by atoms with Gasteiger partial charge < -0.3 is 0 Å². The number of benzene rings is 1. The second-order valence-corrected chi connectivity index (χ2v) is 7.47. The van der Waals surface area contributed by atoms with Gasteiger partial charge in [0, 0.05) is 26.2 Å². The second kappa shape index (κ2) is 6.55. The molecule has 4 nitrogen and oxygen atoms in total. The van der Waals surface area contributed by atoms with E-state index in [0.717, 1.165) is 24.2 Å². The molecule has 0 N–H and O–H groups in total. The molecule has 22 heavy (non-hydrogen) atoms. The molecule has 0 atom stereocenters. The van der Waals surface area contributed by atoms with Gasteiger partial charge in [0.1, 0.15) is 0 Å². The first kappa shape index (κ1) is 17.2. The van der Waals surface area contributed by atoms with Crippen LogP contribution in [-0.4, -0.2) is 50.1 Å². The van der Waals surface area contributed by atoms with Crippen LogP contribution in [0, 0.1) is 0 Å². The molecular formula is C14H19F3N2O2S. The Balaban J connectivity index is 1.97. The van der Waals surface area contributed by atoms with E-state index in [9.17, 15) is 21.6 Å². The SMILES string of the molecule is CS(=O)(=O)N1CCCN(Cc2ccc(C(F)(F)F)cc2)CC1. The van der Waals surface area contributed by atoms with Gasteiger partial charge in [-0.25, -0.2) is 12.7 Å². The van der Waals surface area contributed by atoms with Gasteiger partial charge in [-0.05, 0) is 30.7 Å². The van der Waals surface area contributed by atoms with E-state index in [0.29, 0.717) is 32.6 Å². The van der Waals surface area contributed by atoms with Gasteiger partial charge in [0.2, 0.25) is 10.0 Å². The quantitative estimate of drug-likeness (QED) is 0.849. The van der Waals surface area contributed by atoms with Crippen molar-refractivity contribution in [2.24, 2.45) is 0 Å². The number of rotatable bonds is 3. The highest BCUT2D eigenvalue weighted by Crippen LogP contribution is 2.29. The van der Waals surface area contributed by atoms with Gasteiger partial charge in [-0.15, -0.1) is 0 Å². The summed E-state index contributed by atoms with van der Waals surface area (Å²) in [5.74, 6) is 0. The Labute approximate surface area is 128 Å². The van der Waals surface area contributed by atoms with Crippen molar-refractivity contribution < 1.29 is 21.6 Å². The standard InChI is InChI=1S/C14H19F3N2O2S/c1-22(20,21)19-8-2-7-18(9-10-19)11-12-3-5-13(6-4-12)14(15,16)17/h3-6H,2,7-11H2,1H3. The zero-order chi connectivity index (χ0) is 16.4. The first-order valence-electron chi connectivity index (χ1n) is 7.00. The molecule has 8 heteroatoms. The number of sulfonamides is 1. The molecule has 1 heterocycles. The first-order chi connectivity index (χ1) is 10.2. The zero-order valence-corrected chi connectivity index (χ0v) is 13.1. The monoisotopic (exact) mass is 336 g/mol. The van der Waals surface area contributed by atoms with Crippen molar-refractivity contribution in [1.29, 1.82) is 0 Å². The molecule has 0 aliphatic carbocycles. The van der Waals surface area contributed by atoms with E-state index in [1.54, 1.807) is 0 Å². The molecule has 1 aromatic rings. The number of hydrogen-bond acceptors (Lipinski definition) is 3. The van der Waals surface area contributed by atoms with Crippen LogP contribution in [0.5, 0.6) is 0 Å². The Bertz CT molecular complexity index is 600. The lowest BCUT2D eigenvalue weighted by Gasteiger charge is -2.21. The topological polar surface area (TPSA) is 40.6 Å². The van der Waals surface area contributed by atoms with Gasteiger partial charge in [0.05, 0.1) is 11.8 Å². The smallest absolute Gasteiger partial charge is 0.298 e. The summed E-state index contributed by atoms with van der Waals surface area (Å²) in [5, 5.41) is 0. The van der Waals surface area contributed by atoms with Crippen molar-refractivity contribution in [2.45, 2.75) is 19.1 Å². The lowest BCUT2D eigenvalue weighted by molar-refractivity contribution is -0.137. The van der Waals surface area contributed by atoms with Gasteiger partial charge in [-0.2, -0.15) is 13.2 Å². The van der Waals surface area contributed by atoms with E-state index >= 15 is 0 Å². The molecular weight excluding hydrogens is 317 g/mol. The fourth-order valence-electron chi connectivity index (χ4n) is 2.49. The minimum atomic E-state index is -4.32. The number of hydrogen-bond donors (Lipinski definition) is 0. The van der Waals surface area contributed by atoms with Crippen LogP contribution in [0.3, 0.4) is 0 Å². The molecule has 0 saturated carbocycles. The molecule has 0 radical (unpaired) electrons. The number of halogens is 3. The van der Waals surface area contributed by atoms with Crippen molar-refractivity contribution in [3.8, 4) is 0 Å². The maximum Gasteiger partial charge on any atom is 0.416 e. The minimum Gasteiger partial charge on any atom is -0.298 e. The summed E-state index contributed by atoms with van der Waals surface area (Å²) in [6, 6.07) is 5.11. The lowest BCUT2D eigenvalue weighted by Crippen LogP contribution is -2.34. The molecule has 0 unspecified atom stereocenters. The lowest BCUT2D eigenvalue weighted by atomic mass is 10.1. The molecule has 1 aliphatic heterocycles. The van der Waals surface area contributed by atoms with Crippen LogP contribution in [0.15, 0.2) is 24.3 Å². The highest BCUT2D eigenvalue weighted by molar-refractivity contribution is 7.88. The van der Waals surface area contributed by atoms with E-state index in [1.165, 1.54) is 22.7 Å². The Morgan fingerprint density at radius 1 is 1.05 bits per heavy atom. The van der Waals surface area contributed by atoms with Crippen molar-refractivity contribution in [3.05, 3.63) is 35.4 Å². The third-order valence-corrected chi connectivity index (χ3v) is 5.01. The van der Waals surface area contributed by atoms with E-state index in [2.05, 4.69) is 4.90 Å². The maximum absolute atomic E-state index is 12.5. The summed E-state index contributed by atoms with van der Waals surface area (Å²) in [5.41, 5.74) is 0.135. The first-order valence-corrected chi connectivity index (χ1v) is 8.85. The Morgan fingerprint density at radius 2 is 1.68 bits per heavy atom. The van der Waals surface area contributed by atoms with Gasteiger partial charge in [0.25, 0.3) is 0 Å². The van der Waals surface area contributed by atoms with Gasteiger partial charge in [-0.1, -0.05) is 12.1 Å². The molecule has 1 fully saturated rings. The third-order valence-electron chi connectivity index (χ3n) is 3.70. The Morgan fingerprint density at radius 3 is 2.23 bits per heavy atom. The van der Waals surface area contributed by atoms with Crippen LogP contribution >= 0.6 is 0 Å². The largest absolute Gasteiger partial charge is 0.416 e. The molecule has 0 amide bonds. The van der Waals surface area contributed by atoms with E-state index in [1.807, 2.05) is 0 Å². The summed E-state index contributed by atoms with van der Waals surface area (Å²) >= 11 is 0. The molecule has 124 valence electrons. The minimum absolute atomic E-state index is 0.416. The van der Waals surface area contributed by atoms with Crippen LogP contribution in [0.1, 0.15) is 17.5 Å². The summed E-state index contributed by atoms with van der Waals surface area (Å²) in [6.07, 6.45) is -2.41. The van der Waals surface area contributed by atoms with E-state index in [4.69, 9.17) is 0 Å². The molecule has 0 spiro atoms. The van der Waals surface area contributed by atoms with Crippen LogP contribution in [0.2, 0.25) is 0 Å².